The van der Waals surface area contributed by atoms with Crippen LogP contribution < -0.4 is 0 Å². The molecule has 0 saturated carbocycles. The Morgan fingerprint density at radius 1 is 1.05 bits per heavy atom. The van der Waals surface area contributed by atoms with Crippen molar-refractivity contribution in [3.05, 3.63) is 72.5 Å². The third-order valence-corrected chi connectivity index (χ3v) is 4.54. The maximum absolute atomic E-state index is 11.9. The molecule has 2 aromatic rings. The van der Waals surface area contributed by atoms with Crippen LogP contribution in [-0.2, 0) is 9.53 Å². The van der Waals surface area contributed by atoms with Gasteiger partial charge in [0, 0.05) is 12.7 Å². The van der Waals surface area contributed by atoms with Crippen molar-refractivity contribution in [3.63, 3.8) is 0 Å². The van der Waals surface area contributed by atoms with E-state index in [1.165, 1.54) is 0 Å². The molecule has 0 unspecified atom stereocenters. The van der Waals surface area contributed by atoms with Crippen LogP contribution in [-0.4, -0.2) is 11.9 Å². The molecule has 3 nitrogen and oxygen atoms in total. The summed E-state index contributed by atoms with van der Waals surface area (Å²) in [6, 6.07) is 15.5. The molecule has 0 aliphatic carbocycles. The highest BCUT2D eigenvalue weighted by atomic mass is 127. The van der Waals surface area contributed by atoms with Crippen molar-refractivity contribution < 1.29 is 9.53 Å². The first-order valence-electron chi connectivity index (χ1n) is 6.16. The third kappa shape index (κ3) is 3.34. The summed E-state index contributed by atoms with van der Waals surface area (Å²) in [6.45, 7) is 0. The van der Waals surface area contributed by atoms with Crippen molar-refractivity contribution in [3.8, 4) is 0 Å². The standard InChI is InChI=1S/C16H9I2NO2/c17-12-6-3-5-11(8-12)15-19-14(16(20)21-15)9-10-4-1-2-7-13(10)18/h1-9H. The van der Waals surface area contributed by atoms with Gasteiger partial charge in [-0.3, -0.25) is 0 Å². The molecule has 0 radical (unpaired) electrons. The summed E-state index contributed by atoms with van der Waals surface area (Å²) < 4.78 is 7.40. The number of benzene rings is 2. The molecule has 0 spiro atoms. The van der Waals surface area contributed by atoms with Gasteiger partial charge in [-0.2, -0.15) is 0 Å². The van der Waals surface area contributed by atoms with Crippen molar-refractivity contribution in [2.75, 3.05) is 0 Å². The largest absolute Gasteiger partial charge is 0.402 e. The SMILES string of the molecule is O=C1OC(c2cccc(I)c2)=NC1=Cc1ccccc1I. The average molecular weight is 501 g/mol. The van der Waals surface area contributed by atoms with Crippen LogP contribution in [0.2, 0.25) is 0 Å². The van der Waals surface area contributed by atoms with Gasteiger partial charge < -0.3 is 4.74 Å². The van der Waals surface area contributed by atoms with E-state index in [9.17, 15) is 4.79 Å². The Morgan fingerprint density at radius 3 is 2.62 bits per heavy atom. The minimum Gasteiger partial charge on any atom is -0.402 e. The van der Waals surface area contributed by atoms with Gasteiger partial charge in [0.15, 0.2) is 5.70 Å². The predicted molar refractivity (Wildman–Crippen MR) is 98.9 cm³/mol. The summed E-state index contributed by atoms with van der Waals surface area (Å²) in [4.78, 5) is 16.3. The minimum absolute atomic E-state index is 0.327. The molecule has 0 bridgehead atoms. The van der Waals surface area contributed by atoms with Crippen LogP contribution in [0.5, 0.6) is 0 Å². The van der Waals surface area contributed by atoms with Crippen LogP contribution >= 0.6 is 45.2 Å². The molecule has 104 valence electrons. The molecule has 0 atom stereocenters. The number of esters is 1. The van der Waals surface area contributed by atoms with Crippen LogP contribution in [0.25, 0.3) is 6.08 Å². The molecular weight excluding hydrogens is 492 g/mol. The highest BCUT2D eigenvalue weighted by Crippen LogP contribution is 2.22. The maximum Gasteiger partial charge on any atom is 0.363 e. The molecule has 5 heteroatoms. The second-order valence-electron chi connectivity index (χ2n) is 4.37. The van der Waals surface area contributed by atoms with Gasteiger partial charge in [-0.25, -0.2) is 9.79 Å². The Balaban J connectivity index is 1.98. The van der Waals surface area contributed by atoms with E-state index < -0.39 is 5.97 Å². The fourth-order valence-electron chi connectivity index (χ4n) is 1.89. The minimum atomic E-state index is -0.413. The van der Waals surface area contributed by atoms with Crippen LogP contribution in [0.1, 0.15) is 11.1 Å². The number of carbonyl (C=O) groups excluding carboxylic acids is 1. The first kappa shape index (κ1) is 14.7. The Kier molecular flexibility index (Phi) is 4.39. The van der Waals surface area contributed by atoms with E-state index in [4.69, 9.17) is 4.74 Å². The second kappa shape index (κ2) is 6.27. The van der Waals surface area contributed by atoms with Crippen molar-refractivity contribution in [1.82, 2.24) is 0 Å². The molecule has 0 aromatic heterocycles. The number of rotatable bonds is 2. The number of hydrogen-bond donors (Lipinski definition) is 0. The number of ether oxygens (including phenoxy) is 1. The van der Waals surface area contributed by atoms with E-state index >= 15 is 0 Å². The number of carbonyl (C=O) groups is 1. The lowest BCUT2D eigenvalue weighted by molar-refractivity contribution is -0.129. The zero-order valence-electron chi connectivity index (χ0n) is 10.7. The summed E-state index contributed by atoms with van der Waals surface area (Å²) in [5.74, 6) is -0.0563. The Morgan fingerprint density at radius 2 is 1.86 bits per heavy atom. The third-order valence-electron chi connectivity index (χ3n) is 2.89. The first-order valence-corrected chi connectivity index (χ1v) is 8.32. The number of aliphatic imine (C=N–C) groups is 1. The second-order valence-corrected chi connectivity index (χ2v) is 6.78. The van der Waals surface area contributed by atoms with Crippen LogP contribution in [0, 0.1) is 7.14 Å². The molecule has 0 N–H and O–H groups in total. The summed E-state index contributed by atoms with van der Waals surface area (Å²) >= 11 is 4.44. The number of halogens is 2. The van der Waals surface area contributed by atoms with Gasteiger partial charge in [0.25, 0.3) is 0 Å². The maximum atomic E-state index is 11.9. The van der Waals surface area contributed by atoms with Gasteiger partial charge in [0.2, 0.25) is 5.90 Å². The Labute approximate surface area is 149 Å². The lowest BCUT2D eigenvalue weighted by atomic mass is 10.2. The van der Waals surface area contributed by atoms with Crippen LogP contribution in [0.3, 0.4) is 0 Å². The van der Waals surface area contributed by atoms with E-state index in [2.05, 4.69) is 50.2 Å². The normalized spacial score (nSPS) is 16.0. The topological polar surface area (TPSA) is 38.7 Å². The number of cyclic esters (lactones) is 1. The smallest absolute Gasteiger partial charge is 0.363 e. The highest BCUT2D eigenvalue weighted by Gasteiger charge is 2.24. The molecule has 0 amide bonds. The quantitative estimate of drug-likeness (QED) is 0.351. The Hall–Kier alpha value is -1.22. The first-order chi connectivity index (χ1) is 10.1. The monoisotopic (exact) mass is 501 g/mol. The lowest BCUT2D eigenvalue weighted by Crippen LogP contribution is -2.05. The van der Waals surface area contributed by atoms with E-state index in [0.29, 0.717) is 11.6 Å². The Bertz CT molecular complexity index is 781. The molecule has 1 aliphatic heterocycles. The van der Waals surface area contributed by atoms with Gasteiger partial charge in [-0.1, -0.05) is 24.3 Å². The molecule has 1 aliphatic rings. The zero-order valence-corrected chi connectivity index (χ0v) is 15.0. The molecule has 1 heterocycles. The number of hydrogen-bond acceptors (Lipinski definition) is 3. The van der Waals surface area contributed by atoms with Gasteiger partial charge in [0.1, 0.15) is 0 Å². The van der Waals surface area contributed by atoms with E-state index in [1.807, 2.05) is 48.5 Å². The van der Waals surface area contributed by atoms with E-state index in [0.717, 1.165) is 18.3 Å². The van der Waals surface area contributed by atoms with Crippen molar-refractivity contribution in [2.45, 2.75) is 0 Å². The molecule has 0 fully saturated rings. The van der Waals surface area contributed by atoms with Gasteiger partial charge in [-0.15, -0.1) is 0 Å². The zero-order chi connectivity index (χ0) is 14.8. The van der Waals surface area contributed by atoms with Crippen LogP contribution in [0.15, 0.2) is 59.2 Å². The van der Waals surface area contributed by atoms with Gasteiger partial charge in [0.05, 0.1) is 0 Å². The summed E-state index contributed by atoms with van der Waals surface area (Å²) in [6.07, 6.45) is 1.75. The van der Waals surface area contributed by atoms with Crippen molar-refractivity contribution >= 4 is 63.1 Å². The highest BCUT2D eigenvalue weighted by molar-refractivity contribution is 14.1. The fourth-order valence-corrected chi connectivity index (χ4v) is 2.98. The predicted octanol–water partition coefficient (Wildman–Crippen LogP) is 4.24. The lowest BCUT2D eigenvalue weighted by Gasteiger charge is -1.99. The van der Waals surface area contributed by atoms with E-state index in [-0.39, 0.29) is 0 Å². The van der Waals surface area contributed by atoms with Crippen molar-refractivity contribution in [1.29, 1.82) is 0 Å². The average Bonchev–Trinajstić information content (AvgIpc) is 2.83. The number of nitrogens with zero attached hydrogens (tertiary/aromatic N) is 1. The van der Waals surface area contributed by atoms with Gasteiger partial charge in [-0.05, 0) is 81.1 Å². The summed E-state index contributed by atoms with van der Waals surface area (Å²) in [5, 5.41) is 0. The molecule has 0 saturated heterocycles. The summed E-state index contributed by atoms with van der Waals surface area (Å²) in [5.41, 5.74) is 2.09. The molecule has 21 heavy (non-hydrogen) atoms. The van der Waals surface area contributed by atoms with E-state index in [1.54, 1.807) is 6.08 Å². The fraction of sp³-hybridized carbons (Fsp3) is 0. The molecule has 3 rings (SSSR count). The summed E-state index contributed by atoms with van der Waals surface area (Å²) in [7, 11) is 0. The van der Waals surface area contributed by atoms with Gasteiger partial charge >= 0.3 is 5.97 Å². The van der Waals surface area contributed by atoms with Crippen molar-refractivity contribution in [2.24, 2.45) is 4.99 Å². The molecule has 2 aromatic carbocycles. The molecular formula is C16H9I2NO2. The van der Waals surface area contributed by atoms with Crippen LogP contribution in [0.4, 0.5) is 0 Å².